The molecule has 0 aliphatic heterocycles. The number of pyridine rings is 1. The van der Waals surface area contributed by atoms with Gasteiger partial charge >= 0.3 is 0 Å². The summed E-state index contributed by atoms with van der Waals surface area (Å²) in [5.74, 6) is 0.550. The Balaban J connectivity index is 1.66. The number of nitrogens with one attached hydrogen (secondary N) is 1. The van der Waals surface area contributed by atoms with E-state index in [2.05, 4.69) is 20.5 Å². The first-order valence-electron chi connectivity index (χ1n) is 9.74. The molecule has 0 bridgehead atoms. The minimum Gasteiger partial charge on any atom is -0.323 e. The van der Waals surface area contributed by atoms with Crippen LogP contribution in [0.15, 0.2) is 66.1 Å². The average Bonchev–Trinajstić information content (AvgIpc) is 3.19. The van der Waals surface area contributed by atoms with E-state index < -0.39 is 0 Å². The highest BCUT2D eigenvalue weighted by Crippen LogP contribution is 2.32. The lowest BCUT2D eigenvalue weighted by atomic mass is 10.1. The molecule has 2 aromatic heterocycles. The van der Waals surface area contributed by atoms with Gasteiger partial charge in [-0.05, 0) is 49.2 Å². The maximum absolute atomic E-state index is 12.6. The predicted octanol–water partition coefficient (Wildman–Crippen LogP) is 5.98. The van der Waals surface area contributed by atoms with Gasteiger partial charge in [0, 0.05) is 18.0 Å². The molecule has 1 N–H and O–H groups in total. The minimum absolute atomic E-state index is 0.112. The molecular weight excluding hydrogens is 465 g/mol. The number of aryl methyl sites for hydroxylation is 2. The number of thioether (sulfide) groups is 1. The number of hydrogen-bond donors (Lipinski definition) is 1. The number of carbonyl (C=O) groups excluding carboxylic acids is 1. The molecule has 0 radical (unpaired) electrons. The molecule has 9 heteroatoms. The molecule has 0 atom stereocenters. The Morgan fingerprint density at radius 3 is 2.25 bits per heavy atom. The highest BCUT2D eigenvalue weighted by atomic mass is 35.5. The molecular formula is C23H19Cl2N5OS. The van der Waals surface area contributed by atoms with Crippen LogP contribution in [0.1, 0.15) is 11.1 Å². The van der Waals surface area contributed by atoms with Crippen LogP contribution in [0.2, 0.25) is 10.0 Å². The molecule has 2 heterocycles. The normalized spacial score (nSPS) is 10.9. The second kappa shape index (κ2) is 9.73. The van der Waals surface area contributed by atoms with Crippen molar-refractivity contribution in [2.24, 2.45) is 0 Å². The van der Waals surface area contributed by atoms with Crippen LogP contribution in [0.3, 0.4) is 0 Å². The lowest BCUT2D eigenvalue weighted by Gasteiger charge is -2.15. The van der Waals surface area contributed by atoms with Crippen LogP contribution in [0.4, 0.5) is 5.69 Å². The Hall–Kier alpha value is -2.87. The van der Waals surface area contributed by atoms with Gasteiger partial charge in [-0.3, -0.25) is 14.3 Å². The number of amides is 1. The third kappa shape index (κ3) is 4.65. The van der Waals surface area contributed by atoms with Gasteiger partial charge < -0.3 is 5.32 Å². The summed E-state index contributed by atoms with van der Waals surface area (Å²) in [5, 5.41) is 13.0. The summed E-state index contributed by atoms with van der Waals surface area (Å²) in [6, 6.07) is 14.9. The largest absolute Gasteiger partial charge is 0.323 e. The van der Waals surface area contributed by atoms with Crippen molar-refractivity contribution >= 4 is 46.6 Å². The summed E-state index contributed by atoms with van der Waals surface area (Å²) < 4.78 is 1.99. The van der Waals surface area contributed by atoms with Gasteiger partial charge in [0.05, 0.1) is 27.2 Å². The predicted molar refractivity (Wildman–Crippen MR) is 130 cm³/mol. The maximum Gasteiger partial charge on any atom is 0.234 e. The third-order valence-corrected chi connectivity index (χ3v) is 6.35. The standard InChI is InChI=1S/C23H19Cl2N5OS/c1-14-5-3-6-15(2)21(14)30-22(16-9-11-26-12-10-16)28-29-23(30)32-13-19(31)27-20-17(24)7-4-8-18(20)25/h3-12H,13H2,1-2H3,(H,27,31). The van der Waals surface area contributed by atoms with Gasteiger partial charge in [0.25, 0.3) is 0 Å². The van der Waals surface area contributed by atoms with Gasteiger partial charge in [0.15, 0.2) is 11.0 Å². The van der Waals surface area contributed by atoms with E-state index in [9.17, 15) is 4.79 Å². The number of benzene rings is 2. The molecule has 0 unspecified atom stereocenters. The lowest BCUT2D eigenvalue weighted by molar-refractivity contribution is -0.113. The van der Waals surface area contributed by atoms with E-state index >= 15 is 0 Å². The molecule has 0 aliphatic rings. The first-order chi connectivity index (χ1) is 15.5. The fourth-order valence-corrected chi connectivity index (χ4v) is 4.56. The fraction of sp³-hybridized carbons (Fsp3) is 0.130. The molecule has 162 valence electrons. The first-order valence-corrected chi connectivity index (χ1v) is 11.5. The van der Waals surface area contributed by atoms with Gasteiger partial charge in [-0.2, -0.15) is 0 Å². The quantitative estimate of drug-likeness (QED) is 0.341. The Labute approximate surface area is 200 Å². The molecule has 0 saturated carbocycles. The van der Waals surface area contributed by atoms with Crippen molar-refractivity contribution < 1.29 is 4.79 Å². The lowest BCUT2D eigenvalue weighted by Crippen LogP contribution is -2.15. The van der Waals surface area contributed by atoms with Gasteiger partial charge in [-0.1, -0.05) is 59.2 Å². The Kier molecular flexibility index (Phi) is 6.79. The fourth-order valence-electron chi connectivity index (χ4n) is 3.33. The van der Waals surface area contributed by atoms with E-state index in [1.807, 2.05) is 48.7 Å². The summed E-state index contributed by atoms with van der Waals surface area (Å²) in [6.07, 6.45) is 3.43. The minimum atomic E-state index is -0.244. The zero-order valence-corrected chi connectivity index (χ0v) is 19.7. The number of anilines is 1. The van der Waals surface area contributed by atoms with E-state index in [0.717, 1.165) is 22.4 Å². The van der Waals surface area contributed by atoms with Gasteiger partial charge in [0.2, 0.25) is 5.91 Å². The molecule has 2 aromatic carbocycles. The van der Waals surface area contributed by atoms with E-state index in [0.29, 0.717) is 26.7 Å². The molecule has 1 amide bonds. The molecule has 4 rings (SSSR count). The zero-order valence-electron chi connectivity index (χ0n) is 17.3. The van der Waals surface area contributed by atoms with Crippen molar-refractivity contribution in [1.29, 1.82) is 0 Å². The topological polar surface area (TPSA) is 72.7 Å². The van der Waals surface area contributed by atoms with Gasteiger partial charge in [0.1, 0.15) is 0 Å². The van der Waals surface area contributed by atoms with Crippen LogP contribution in [0.25, 0.3) is 17.1 Å². The number of para-hydroxylation sites is 2. The molecule has 0 aliphatic carbocycles. The number of aromatic nitrogens is 4. The first kappa shape index (κ1) is 22.3. The summed E-state index contributed by atoms with van der Waals surface area (Å²) in [7, 11) is 0. The van der Waals surface area contributed by atoms with Crippen LogP contribution in [-0.4, -0.2) is 31.4 Å². The summed E-state index contributed by atoms with van der Waals surface area (Å²) >= 11 is 13.6. The molecule has 0 saturated heterocycles. The second-order valence-electron chi connectivity index (χ2n) is 7.05. The third-order valence-electron chi connectivity index (χ3n) is 4.79. The summed E-state index contributed by atoms with van der Waals surface area (Å²) in [4.78, 5) is 16.7. The van der Waals surface area contributed by atoms with Crippen molar-refractivity contribution in [2.75, 3.05) is 11.1 Å². The van der Waals surface area contributed by atoms with Crippen molar-refractivity contribution in [2.45, 2.75) is 19.0 Å². The number of carbonyl (C=O) groups is 1. The zero-order chi connectivity index (χ0) is 22.7. The molecule has 0 spiro atoms. The van der Waals surface area contributed by atoms with Gasteiger partial charge in [-0.25, -0.2) is 0 Å². The number of rotatable bonds is 6. The number of hydrogen-bond acceptors (Lipinski definition) is 5. The van der Waals surface area contributed by atoms with Crippen LogP contribution in [0.5, 0.6) is 0 Å². The van der Waals surface area contributed by atoms with Crippen LogP contribution in [0, 0.1) is 13.8 Å². The Bertz CT molecular complexity index is 1240. The monoisotopic (exact) mass is 483 g/mol. The SMILES string of the molecule is Cc1cccc(C)c1-n1c(SCC(=O)Nc2c(Cl)cccc2Cl)nnc1-c1ccncc1. The highest BCUT2D eigenvalue weighted by molar-refractivity contribution is 7.99. The van der Waals surface area contributed by atoms with E-state index in [1.165, 1.54) is 11.8 Å². The van der Waals surface area contributed by atoms with E-state index in [4.69, 9.17) is 23.2 Å². The summed E-state index contributed by atoms with van der Waals surface area (Å²) in [5.41, 5.74) is 4.43. The molecule has 4 aromatic rings. The van der Waals surface area contributed by atoms with Crippen molar-refractivity contribution in [3.63, 3.8) is 0 Å². The van der Waals surface area contributed by atoms with Crippen LogP contribution < -0.4 is 5.32 Å². The van der Waals surface area contributed by atoms with Crippen molar-refractivity contribution in [3.05, 3.63) is 82.1 Å². The second-order valence-corrected chi connectivity index (χ2v) is 8.81. The smallest absolute Gasteiger partial charge is 0.234 e. The Morgan fingerprint density at radius 2 is 1.59 bits per heavy atom. The van der Waals surface area contributed by atoms with Crippen LogP contribution in [-0.2, 0) is 4.79 Å². The van der Waals surface area contributed by atoms with Crippen LogP contribution >= 0.6 is 35.0 Å². The number of nitrogens with zero attached hydrogens (tertiary/aromatic N) is 4. The van der Waals surface area contributed by atoms with E-state index in [1.54, 1.807) is 30.6 Å². The summed E-state index contributed by atoms with van der Waals surface area (Å²) in [6.45, 7) is 4.08. The van der Waals surface area contributed by atoms with Crippen molar-refractivity contribution in [1.82, 2.24) is 19.7 Å². The Morgan fingerprint density at radius 1 is 0.969 bits per heavy atom. The van der Waals surface area contributed by atoms with Crippen molar-refractivity contribution in [3.8, 4) is 17.1 Å². The molecule has 32 heavy (non-hydrogen) atoms. The average molecular weight is 484 g/mol. The highest BCUT2D eigenvalue weighted by Gasteiger charge is 2.20. The van der Waals surface area contributed by atoms with E-state index in [-0.39, 0.29) is 11.7 Å². The molecule has 0 fully saturated rings. The van der Waals surface area contributed by atoms with Gasteiger partial charge in [-0.15, -0.1) is 10.2 Å². The molecule has 6 nitrogen and oxygen atoms in total. The maximum atomic E-state index is 12.6. The number of halogens is 2.